The van der Waals surface area contributed by atoms with Crippen molar-refractivity contribution in [2.24, 2.45) is 5.92 Å². The number of pyridine rings is 1. The second-order valence-electron chi connectivity index (χ2n) is 14.3. The predicted molar refractivity (Wildman–Crippen MR) is 175 cm³/mol. The van der Waals surface area contributed by atoms with Crippen molar-refractivity contribution in [3.63, 3.8) is 0 Å². The number of rotatable bonds is 3. The highest BCUT2D eigenvalue weighted by molar-refractivity contribution is 5.99. The number of fused-ring (bicyclic) bond motifs is 8. The molecule has 4 saturated heterocycles. The minimum absolute atomic E-state index is 0.00181. The highest BCUT2D eigenvalue weighted by atomic mass is 19.1. The Balaban J connectivity index is 1.20. The predicted octanol–water partition coefficient (Wildman–Crippen LogP) is 4.36. The summed E-state index contributed by atoms with van der Waals surface area (Å²) in [7, 11) is 0. The lowest BCUT2D eigenvalue weighted by Crippen LogP contribution is -2.51. The summed E-state index contributed by atoms with van der Waals surface area (Å²) in [5.74, 6) is 0.381. The van der Waals surface area contributed by atoms with Gasteiger partial charge in [0.2, 0.25) is 5.91 Å². The third-order valence-corrected chi connectivity index (χ3v) is 11.6. The number of aromatic nitrogens is 5. The van der Waals surface area contributed by atoms with Gasteiger partial charge in [-0.3, -0.25) is 19.8 Å². The number of H-pyrrole nitrogens is 1. The van der Waals surface area contributed by atoms with Gasteiger partial charge >= 0.3 is 6.01 Å². The molecule has 252 valence electrons. The number of ether oxygens (including phenoxy) is 2. The molecule has 0 saturated carbocycles. The van der Waals surface area contributed by atoms with Gasteiger partial charge in [-0.2, -0.15) is 15.1 Å². The largest absolute Gasteiger partial charge is 0.461 e. The molecule has 9 heterocycles. The Labute approximate surface area is 277 Å². The molecule has 1 aromatic carbocycles. The van der Waals surface area contributed by atoms with E-state index in [4.69, 9.17) is 24.4 Å². The minimum atomic E-state index is -0.892. The Kier molecular flexibility index (Phi) is 7.26. The zero-order valence-corrected chi connectivity index (χ0v) is 27.2. The lowest BCUT2D eigenvalue weighted by Gasteiger charge is -2.39. The molecule has 11 nitrogen and oxygen atoms in total. The fourth-order valence-electron chi connectivity index (χ4n) is 9.25. The fourth-order valence-corrected chi connectivity index (χ4v) is 9.25. The molecule has 6 bridgehead atoms. The Morgan fingerprint density at radius 1 is 1.12 bits per heavy atom. The summed E-state index contributed by atoms with van der Waals surface area (Å²) in [6, 6.07) is 2.10. The van der Waals surface area contributed by atoms with Crippen LogP contribution in [0.4, 0.5) is 14.6 Å². The van der Waals surface area contributed by atoms with Gasteiger partial charge in [0, 0.05) is 56.4 Å². The van der Waals surface area contributed by atoms with Crippen LogP contribution in [0.3, 0.4) is 0 Å². The number of aromatic amines is 1. The maximum atomic E-state index is 17.2. The number of nitrogens with one attached hydrogen (secondary N) is 1. The molecule has 1 amide bonds. The van der Waals surface area contributed by atoms with Gasteiger partial charge in [0.1, 0.15) is 36.4 Å². The Bertz CT molecular complexity index is 1920. The van der Waals surface area contributed by atoms with Crippen molar-refractivity contribution in [3.05, 3.63) is 35.4 Å². The molecule has 0 spiro atoms. The zero-order valence-electron chi connectivity index (χ0n) is 27.2. The second kappa shape index (κ2) is 11.6. The van der Waals surface area contributed by atoms with Crippen molar-refractivity contribution in [1.29, 1.82) is 0 Å². The molecule has 6 aliphatic heterocycles. The second-order valence-corrected chi connectivity index (χ2v) is 14.3. The van der Waals surface area contributed by atoms with Crippen molar-refractivity contribution in [3.8, 4) is 17.3 Å². The molecular weight excluding hydrogens is 618 g/mol. The summed E-state index contributed by atoms with van der Waals surface area (Å²) < 4.78 is 44.0. The van der Waals surface area contributed by atoms with Gasteiger partial charge in [0.15, 0.2) is 5.82 Å². The van der Waals surface area contributed by atoms with Crippen molar-refractivity contribution in [1.82, 2.24) is 34.9 Å². The van der Waals surface area contributed by atoms with E-state index in [9.17, 15) is 9.18 Å². The van der Waals surface area contributed by atoms with Crippen LogP contribution in [0.15, 0.2) is 18.5 Å². The summed E-state index contributed by atoms with van der Waals surface area (Å²) in [6.07, 6.45) is 7.83. The van der Waals surface area contributed by atoms with Crippen molar-refractivity contribution >= 4 is 33.5 Å². The molecule has 0 unspecified atom stereocenters. The minimum Gasteiger partial charge on any atom is -0.461 e. The first-order chi connectivity index (χ1) is 23.4. The molecule has 4 atom stereocenters. The van der Waals surface area contributed by atoms with E-state index in [0.29, 0.717) is 74.7 Å². The number of alkyl halides is 1. The van der Waals surface area contributed by atoms with Crippen LogP contribution in [0, 0.1) is 18.7 Å². The number of benzene rings is 1. The standard InChI is InChI=1S/C35H40F2N8O3/c1-20-12-26-24(15-39-42-26)29-23(20)4-2-11-47-18-28(46)45-10-6-21-5-9-43(17-27(21)45)33-25-14-38-32(29)30(37)31(25)40-34(41-33)48-19-35-7-3-8-44(35)16-22(36)13-35/h12,14-15,21-22,27H,2-11,13,16-19H2,1H3,(H,39,42)/t21-,22+,27-,35-/m0/s1. The van der Waals surface area contributed by atoms with E-state index in [2.05, 4.69) is 20.0 Å². The van der Waals surface area contributed by atoms with Crippen LogP contribution in [0.2, 0.25) is 0 Å². The number of aryl methyl sites for hydroxylation is 1. The van der Waals surface area contributed by atoms with E-state index in [0.717, 1.165) is 54.3 Å². The highest BCUT2D eigenvalue weighted by Gasteiger charge is 2.49. The maximum absolute atomic E-state index is 17.2. The SMILES string of the molecule is Cc1cc2[nH]ncc2c2c1CCCOCC(=O)N1CC[C@@H]3CCN(C[C@@H]31)c1nc(OC[C@@]34CCCN3C[C@H](F)C4)nc3c(F)c-2ncc13. The van der Waals surface area contributed by atoms with Gasteiger partial charge in [0.25, 0.3) is 0 Å². The smallest absolute Gasteiger partial charge is 0.319 e. The van der Waals surface area contributed by atoms with Crippen LogP contribution in [-0.2, 0) is 16.0 Å². The summed E-state index contributed by atoms with van der Waals surface area (Å²) in [6.45, 7) is 5.91. The first kappa shape index (κ1) is 30.1. The normalized spacial score (nSPS) is 27.7. The molecule has 4 aromatic rings. The van der Waals surface area contributed by atoms with Crippen LogP contribution in [0.1, 0.15) is 49.7 Å². The quantitative estimate of drug-likeness (QED) is 0.343. The van der Waals surface area contributed by atoms with Gasteiger partial charge in [-0.25, -0.2) is 8.78 Å². The van der Waals surface area contributed by atoms with Crippen LogP contribution >= 0.6 is 0 Å². The van der Waals surface area contributed by atoms with E-state index < -0.39 is 17.5 Å². The van der Waals surface area contributed by atoms with Crippen molar-refractivity contribution < 1.29 is 23.0 Å². The lowest BCUT2D eigenvalue weighted by atomic mass is 9.91. The van der Waals surface area contributed by atoms with E-state index in [1.807, 2.05) is 17.9 Å². The Hall–Kier alpha value is -3.97. The Morgan fingerprint density at radius 3 is 2.94 bits per heavy atom. The monoisotopic (exact) mass is 658 g/mol. The summed E-state index contributed by atoms with van der Waals surface area (Å²) in [5, 5.41) is 8.57. The third kappa shape index (κ3) is 4.83. The first-order valence-corrected chi connectivity index (χ1v) is 17.3. The van der Waals surface area contributed by atoms with Gasteiger partial charge < -0.3 is 19.3 Å². The zero-order chi connectivity index (χ0) is 32.6. The number of carbonyl (C=O) groups is 1. The summed E-state index contributed by atoms with van der Waals surface area (Å²) >= 11 is 0. The molecular formula is C35H40F2N8O3. The van der Waals surface area contributed by atoms with E-state index in [1.54, 1.807) is 12.4 Å². The number of carbonyl (C=O) groups excluding carboxylic acids is 1. The first-order valence-electron chi connectivity index (χ1n) is 17.3. The molecule has 0 aliphatic carbocycles. The van der Waals surface area contributed by atoms with Crippen LogP contribution in [0.25, 0.3) is 33.1 Å². The van der Waals surface area contributed by atoms with E-state index in [-0.39, 0.29) is 42.4 Å². The molecule has 13 heteroatoms. The Morgan fingerprint density at radius 2 is 2.02 bits per heavy atom. The molecule has 48 heavy (non-hydrogen) atoms. The average Bonchev–Trinajstić information content (AvgIpc) is 3.86. The molecule has 3 aromatic heterocycles. The summed E-state index contributed by atoms with van der Waals surface area (Å²) in [4.78, 5) is 34.1. The molecule has 6 aliphatic rings. The highest BCUT2D eigenvalue weighted by Crippen LogP contribution is 2.42. The number of hydrogen-bond donors (Lipinski definition) is 1. The molecule has 10 rings (SSSR count). The maximum Gasteiger partial charge on any atom is 0.319 e. The van der Waals surface area contributed by atoms with Gasteiger partial charge in [-0.15, -0.1) is 0 Å². The topological polar surface area (TPSA) is 113 Å². The van der Waals surface area contributed by atoms with E-state index >= 15 is 4.39 Å². The number of anilines is 1. The van der Waals surface area contributed by atoms with Gasteiger partial charge in [-0.05, 0) is 75.1 Å². The van der Waals surface area contributed by atoms with E-state index in [1.165, 1.54) is 0 Å². The number of hydrogen-bond acceptors (Lipinski definition) is 9. The average molecular weight is 659 g/mol. The number of nitrogens with zero attached hydrogens (tertiary/aromatic N) is 7. The van der Waals surface area contributed by atoms with Gasteiger partial charge in [0.05, 0.1) is 28.7 Å². The lowest BCUT2D eigenvalue weighted by molar-refractivity contribution is -0.137. The molecule has 4 fully saturated rings. The van der Waals surface area contributed by atoms with Crippen molar-refractivity contribution in [2.45, 2.75) is 69.6 Å². The summed E-state index contributed by atoms with van der Waals surface area (Å²) in [5.41, 5.74) is 3.32. The molecule has 0 radical (unpaired) electrons. The van der Waals surface area contributed by atoms with Crippen molar-refractivity contribution in [2.75, 3.05) is 57.4 Å². The van der Waals surface area contributed by atoms with Gasteiger partial charge in [-0.1, -0.05) is 0 Å². The van der Waals surface area contributed by atoms with Crippen LogP contribution < -0.4 is 9.64 Å². The number of halogens is 2. The fraction of sp³-hybridized carbons (Fsp3) is 0.571. The van der Waals surface area contributed by atoms with Crippen LogP contribution in [0.5, 0.6) is 6.01 Å². The van der Waals surface area contributed by atoms with Crippen LogP contribution in [-0.4, -0.2) is 111 Å². The number of amides is 1. The third-order valence-electron chi connectivity index (χ3n) is 11.6. The number of piperidine rings is 1. The molecule has 1 N–H and O–H groups in total.